The van der Waals surface area contributed by atoms with Crippen LogP contribution in [-0.4, -0.2) is 27.6 Å². The second-order valence-corrected chi connectivity index (χ2v) is 8.43. The van der Waals surface area contributed by atoms with Gasteiger partial charge in [0.1, 0.15) is 5.75 Å². The van der Waals surface area contributed by atoms with Gasteiger partial charge in [0, 0.05) is 29.2 Å². The number of amides is 1. The smallest absolute Gasteiger partial charge is 0.387 e. The zero-order chi connectivity index (χ0) is 21.7. The van der Waals surface area contributed by atoms with E-state index in [1.807, 2.05) is 20.8 Å². The first-order chi connectivity index (χ1) is 14.2. The normalized spacial score (nSPS) is 11.7. The summed E-state index contributed by atoms with van der Waals surface area (Å²) in [7, 11) is 0. The van der Waals surface area contributed by atoms with E-state index in [-0.39, 0.29) is 23.5 Å². The minimum absolute atomic E-state index is 0.0323. The van der Waals surface area contributed by atoms with Crippen LogP contribution < -0.4 is 10.1 Å². The molecule has 3 aromatic rings. The summed E-state index contributed by atoms with van der Waals surface area (Å²) in [5, 5.41) is 8.74. The summed E-state index contributed by atoms with van der Waals surface area (Å²) in [5.41, 5.74) is 0.688. The Labute approximate surface area is 176 Å². The molecule has 7 nitrogen and oxygen atoms in total. The predicted molar refractivity (Wildman–Crippen MR) is 109 cm³/mol. The van der Waals surface area contributed by atoms with E-state index in [1.54, 1.807) is 23.6 Å². The molecule has 10 heteroatoms. The molecule has 30 heavy (non-hydrogen) atoms. The molecular formula is C20H22F2N4O3S. The number of halogens is 2. The highest BCUT2D eigenvalue weighted by molar-refractivity contribution is 7.14. The Hall–Kier alpha value is -2.88. The van der Waals surface area contributed by atoms with Crippen LogP contribution in [0.5, 0.6) is 5.75 Å². The van der Waals surface area contributed by atoms with Crippen molar-refractivity contribution in [3.63, 3.8) is 0 Å². The van der Waals surface area contributed by atoms with Gasteiger partial charge in [-0.25, -0.2) is 4.98 Å². The summed E-state index contributed by atoms with van der Waals surface area (Å²) in [4.78, 5) is 20.8. The number of para-hydroxylation sites is 1. The van der Waals surface area contributed by atoms with E-state index in [4.69, 9.17) is 4.52 Å². The summed E-state index contributed by atoms with van der Waals surface area (Å²) in [6, 6.07) is 6.38. The van der Waals surface area contributed by atoms with Crippen molar-refractivity contribution in [3.8, 4) is 17.0 Å². The Balaban J connectivity index is 1.54. The molecule has 1 aromatic carbocycles. The maximum Gasteiger partial charge on any atom is 0.387 e. The van der Waals surface area contributed by atoms with Gasteiger partial charge < -0.3 is 14.6 Å². The van der Waals surface area contributed by atoms with Crippen molar-refractivity contribution >= 4 is 22.4 Å². The fourth-order valence-corrected chi connectivity index (χ4v) is 3.30. The van der Waals surface area contributed by atoms with Crippen molar-refractivity contribution in [1.29, 1.82) is 0 Å². The van der Waals surface area contributed by atoms with E-state index < -0.39 is 6.61 Å². The molecule has 0 aliphatic carbocycles. The lowest BCUT2D eigenvalue weighted by Crippen LogP contribution is -2.13. The van der Waals surface area contributed by atoms with Gasteiger partial charge in [0.05, 0.1) is 5.69 Å². The number of anilines is 1. The maximum absolute atomic E-state index is 12.6. The highest BCUT2D eigenvalue weighted by atomic mass is 32.1. The first kappa shape index (κ1) is 21.8. The molecule has 0 fully saturated rings. The number of carbonyl (C=O) groups is 1. The standard InChI is InChI=1S/C20H22F2N4O3S/c1-20(2,3)17-25-16(29-26-17)10-6-9-15(27)24-19-23-13(11-30-19)12-7-4-5-8-14(12)28-18(21)22/h4-5,7-8,11,18H,6,9-10H2,1-3H3,(H,23,24,27). The van der Waals surface area contributed by atoms with Gasteiger partial charge in [-0.3, -0.25) is 4.79 Å². The van der Waals surface area contributed by atoms with E-state index in [0.29, 0.717) is 40.9 Å². The lowest BCUT2D eigenvalue weighted by atomic mass is 9.96. The molecular weight excluding hydrogens is 414 g/mol. The lowest BCUT2D eigenvalue weighted by Gasteiger charge is -2.10. The largest absolute Gasteiger partial charge is 0.434 e. The topological polar surface area (TPSA) is 90.1 Å². The van der Waals surface area contributed by atoms with Crippen LogP contribution in [0.4, 0.5) is 13.9 Å². The van der Waals surface area contributed by atoms with Crippen molar-refractivity contribution < 1.29 is 22.8 Å². The molecule has 0 saturated heterocycles. The number of benzene rings is 1. The molecule has 3 rings (SSSR count). The molecule has 1 N–H and O–H groups in total. The van der Waals surface area contributed by atoms with Crippen LogP contribution in [0.15, 0.2) is 34.2 Å². The summed E-state index contributed by atoms with van der Waals surface area (Å²) in [5.74, 6) is 0.960. The van der Waals surface area contributed by atoms with Crippen LogP contribution in [-0.2, 0) is 16.6 Å². The zero-order valence-electron chi connectivity index (χ0n) is 16.8. The molecule has 2 aromatic heterocycles. The molecule has 2 heterocycles. The molecule has 0 aliphatic heterocycles. The quantitative estimate of drug-likeness (QED) is 0.531. The number of aryl methyl sites for hydroxylation is 1. The van der Waals surface area contributed by atoms with Gasteiger partial charge in [-0.2, -0.15) is 13.8 Å². The lowest BCUT2D eigenvalue weighted by molar-refractivity contribution is -0.116. The Kier molecular flexibility index (Phi) is 6.76. The SMILES string of the molecule is CC(C)(C)c1noc(CCCC(=O)Nc2nc(-c3ccccc3OC(F)F)cs2)n1. The van der Waals surface area contributed by atoms with E-state index >= 15 is 0 Å². The molecule has 160 valence electrons. The van der Waals surface area contributed by atoms with Crippen LogP contribution in [0.2, 0.25) is 0 Å². The number of hydrogen-bond acceptors (Lipinski definition) is 7. The van der Waals surface area contributed by atoms with Crippen LogP contribution in [0.25, 0.3) is 11.3 Å². The maximum atomic E-state index is 12.6. The average molecular weight is 436 g/mol. The number of carbonyl (C=O) groups excluding carboxylic acids is 1. The monoisotopic (exact) mass is 436 g/mol. The Morgan fingerprint density at radius 1 is 1.27 bits per heavy atom. The summed E-state index contributed by atoms with van der Waals surface area (Å²) < 4.78 is 34.9. The van der Waals surface area contributed by atoms with Gasteiger partial charge in [0.25, 0.3) is 0 Å². The fourth-order valence-electron chi connectivity index (χ4n) is 2.57. The fraction of sp³-hybridized carbons (Fsp3) is 0.400. The molecule has 0 bridgehead atoms. The van der Waals surface area contributed by atoms with Crippen molar-refractivity contribution in [2.45, 2.75) is 52.1 Å². The first-order valence-electron chi connectivity index (χ1n) is 9.35. The van der Waals surface area contributed by atoms with E-state index in [9.17, 15) is 13.6 Å². The molecule has 0 aliphatic rings. The van der Waals surface area contributed by atoms with Gasteiger partial charge in [0.15, 0.2) is 11.0 Å². The van der Waals surface area contributed by atoms with Crippen molar-refractivity contribution in [2.75, 3.05) is 5.32 Å². The number of aromatic nitrogens is 3. The number of ether oxygens (including phenoxy) is 1. The Morgan fingerprint density at radius 2 is 2.03 bits per heavy atom. The highest BCUT2D eigenvalue weighted by Gasteiger charge is 2.21. The number of rotatable bonds is 8. The Morgan fingerprint density at radius 3 is 2.73 bits per heavy atom. The second-order valence-electron chi connectivity index (χ2n) is 7.58. The van der Waals surface area contributed by atoms with Crippen LogP contribution in [0, 0.1) is 0 Å². The highest BCUT2D eigenvalue weighted by Crippen LogP contribution is 2.33. The Bertz CT molecular complexity index is 998. The van der Waals surface area contributed by atoms with Gasteiger partial charge in [-0.05, 0) is 18.6 Å². The van der Waals surface area contributed by atoms with Crippen LogP contribution in [0.3, 0.4) is 0 Å². The molecule has 1 amide bonds. The van der Waals surface area contributed by atoms with Gasteiger partial charge in [-0.15, -0.1) is 11.3 Å². The van der Waals surface area contributed by atoms with Crippen molar-refractivity contribution in [3.05, 3.63) is 41.4 Å². The first-order valence-corrected chi connectivity index (χ1v) is 10.2. The van der Waals surface area contributed by atoms with Crippen LogP contribution in [0.1, 0.15) is 45.3 Å². The van der Waals surface area contributed by atoms with E-state index in [2.05, 4.69) is 25.2 Å². The number of hydrogen-bond donors (Lipinski definition) is 1. The van der Waals surface area contributed by atoms with Gasteiger partial charge in [0.2, 0.25) is 11.8 Å². The van der Waals surface area contributed by atoms with Crippen LogP contribution >= 0.6 is 11.3 Å². The minimum Gasteiger partial charge on any atom is -0.434 e. The zero-order valence-corrected chi connectivity index (χ0v) is 17.6. The summed E-state index contributed by atoms with van der Waals surface area (Å²) in [6.45, 7) is 3.06. The minimum atomic E-state index is -2.93. The summed E-state index contributed by atoms with van der Waals surface area (Å²) >= 11 is 1.21. The van der Waals surface area contributed by atoms with Gasteiger partial charge in [-0.1, -0.05) is 38.1 Å². The summed E-state index contributed by atoms with van der Waals surface area (Å²) in [6.07, 6.45) is 1.30. The van der Waals surface area contributed by atoms with E-state index in [0.717, 1.165) is 0 Å². The third kappa shape index (κ3) is 5.82. The molecule has 0 unspecified atom stereocenters. The van der Waals surface area contributed by atoms with Crippen molar-refractivity contribution in [1.82, 2.24) is 15.1 Å². The predicted octanol–water partition coefficient (Wildman–Crippen LogP) is 5.05. The van der Waals surface area contributed by atoms with Crippen molar-refractivity contribution in [2.24, 2.45) is 0 Å². The molecule has 0 spiro atoms. The molecule has 0 atom stereocenters. The number of nitrogens with one attached hydrogen (secondary N) is 1. The third-order valence-electron chi connectivity index (χ3n) is 4.06. The van der Waals surface area contributed by atoms with E-state index in [1.165, 1.54) is 17.4 Å². The van der Waals surface area contributed by atoms with Gasteiger partial charge >= 0.3 is 6.61 Å². The number of alkyl halides is 2. The average Bonchev–Trinajstić information content (AvgIpc) is 3.31. The number of thiazole rings is 1. The third-order valence-corrected chi connectivity index (χ3v) is 4.82. The molecule has 0 saturated carbocycles. The second kappa shape index (κ2) is 9.29. The number of nitrogens with zero attached hydrogens (tertiary/aromatic N) is 3. The molecule has 0 radical (unpaired) electrons.